The van der Waals surface area contributed by atoms with Gasteiger partial charge >= 0.3 is 0 Å². The molecule has 0 spiro atoms. The van der Waals surface area contributed by atoms with E-state index >= 15 is 0 Å². The number of aromatic nitrogens is 3. The van der Waals surface area contributed by atoms with Gasteiger partial charge in [0.2, 0.25) is 0 Å². The first-order valence-electron chi connectivity index (χ1n) is 8.53. The van der Waals surface area contributed by atoms with Gasteiger partial charge in [0.25, 0.3) is 0 Å². The minimum atomic E-state index is 0.648. The van der Waals surface area contributed by atoms with Crippen molar-refractivity contribution in [3.05, 3.63) is 66.2 Å². The maximum Gasteiger partial charge on any atom is 0.191 e. The molecule has 0 bridgehead atoms. The summed E-state index contributed by atoms with van der Waals surface area (Å²) in [5, 5.41) is 9.79. The second kappa shape index (κ2) is 9.39. The van der Waals surface area contributed by atoms with Crippen LogP contribution in [0.3, 0.4) is 0 Å². The number of thioether (sulfide) groups is 1. The lowest BCUT2D eigenvalue weighted by molar-refractivity contribution is 0.185. The van der Waals surface area contributed by atoms with Gasteiger partial charge in [-0.3, -0.25) is 4.57 Å². The Bertz CT molecular complexity index is 759. The highest BCUT2D eigenvalue weighted by molar-refractivity contribution is 7.99. The van der Waals surface area contributed by atoms with Gasteiger partial charge < -0.3 is 4.74 Å². The van der Waals surface area contributed by atoms with Crippen molar-refractivity contribution in [2.75, 3.05) is 19.5 Å². The molecule has 0 radical (unpaired) electrons. The van der Waals surface area contributed by atoms with Gasteiger partial charge in [-0.25, -0.2) is 0 Å². The summed E-state index contributed by atoms with van der Waals surface area (Å²) in [6.45, 7) is 1.41. The molecule has 0 atom stereocenters. The summed E-state index contributed by atoms with van der Waals surface area (Å²) < 4.78 is 7.42. The second-order valence-electron chi connectivity index (χ2n) is 5.75. The number of rotatable bonds is 9. The molecular weight excluding hydrogens is 330 g/mol. The van der Waals surface area contributed by atoms with Crippen LogP contribution in [-0.2, 0) is 17.7 Å². The largest absolute Gasteiger partial charge is 0.383 e. The lowest BCUT2D eigenvalue weighted by atomic mass is 10.1. The number of hydrogen-bond acceptors (Lipinski definition) is 4. The lowest BCUT2D eigenvalue weighted by Gasteiger charge is -2.09. The molecule has 4 nitrogen and oxygen atoms in total. The first-order valence-corrected chi connectivity index (χ1v) is 9.51. The van der Waals surface area contributed by atoms with Gasteiger partial charge in [0, 0.05) is 18.4 Å². The summed E-state index contributed by atoms with van der Waals surface area (Å²) in [7, 11) is 1.72. The summed E-state index contributed by atoms with van der Waals surface area (Å²) in [4.78, 5) is 0. The summed E-state index contributed by atoms with van der Waals surface area (Å²) in [5.74, 6) is 1.93. The maximum absolute atomic E-state index is 5.26. The highest BCUT2D eigenvalue weighted by atomic mass is 32.2. The van der Waals surface area contributed by atoms with Crippen molar-refractivity contribution in [1.82, 2.24) is 14.8 Å². The molecule has 0 amide bonds. The van der Waals surface area contributed by atoms with Gasteiger partial charge in [-0.2, -0.15) is 0 Å². The number of ether oxygens (including phenoxy) is 1. The minimum Gasteiger partial charge on any atom is -0.383 e. The third-order valence-corrected chi connectivity index (χ3v) is 5.00. The van der Waals surface area contributed by atoms with E-state index in [9.17, 15) is 0 Å². The van der Waals surface area contributed by atoms with Gasteiger partial charge in [0.1, 0.15) is 0 Å². The molecular formula is C20H23N3OS. The van der Waals surface area contributed by atoms with Gasteiger partial charge in [0.05, 0.1) is 13.2 Å². The van der Waals surface area contributed by atoms with Crippen molar-refractivity contribution in [3.8, 4) is 11.4 Å². The van der Waals surface area contributed by atoms with Crippen LogP contribution in [0.2, 0.25) is 0 Å². The van der Waals surface area contributed by atoms with Crippen molar-refractivity contribution < 1.29 is 4.74 Å². The fourth-order valence-electron chi connectivity index (χ4n) is 2.66. The van der Waals surface area contributed by atoms with E-state index in [0.29, 0.717) is 6.61 Å². The van der Waals surface area contributed by atoms with Gasteiger partial charge in [0.15, 0.2) is 11.0 Å². The predicted octanol–water partition coefficient (Wildman–Crippen LogP) is 4.32. The van der Waals surface area contributed by atoms with E-state index in [1.807, 2.05) is 18.2 Å². The molecule has 0 fully saturated rings. The van der Waals surface area contributed by atoms with E-state index in [2.05, 4.69) is 57.2 Å². The zero-order valence-electron chi connectivity index (χ0n) is 14.5. The Morgan fingerprint density at radius 2 is 1.68 bits per heavy atom. The van der Waals surface area contributed by atoms with E-state index in [1.165, 1.54) is 5.56 Å². The molecule has 5 heteroatoms. The van der Waals surface area contributed by atoms with Crippen LogP contribution >= 0.6 is 11.8 Å². The summed E-state index contributed by atoms with van der Waals surface area (Å²) in [6.07, 6.45) is 2.21. The standard InChI is InChI=1S/C20H23N3OS/c1-24-15-14-23-19(18-12-6-3-7-13-18)21-22-20(23)25-16-8-11-17-9-4-2-5-10-17/h2-7,9-10,12-13H,8,11,14-16H2,1H3. The number of hydrogen-bond donors (Lipinski definition) is 0. The van der Waals surface area contributed by atoms with E-state index in [1.54, 1.807) is 18.9 Å². The molecule has 0 saturated carbocycles. The van der Waals surface area contributed by atoms with Crippen molar-refractivity contribution in [1.29, 1.82) is 0 Å². The summed E-state index contributed by atoms with van der Waals surface area (Å²) in [5.41, 5.74) is 2.47. The van der Waals surface area contributed by atoms with Crippen molar-refractivity contribution in [2.45, 2.75) is 24.5 Å². The van der Waals surface area contributed by atoms with Crippen LogP contribution in [0.1, 0.15) is 12.0 Å². The lowest BCUT2D eigenvalue weighted by Crippen LogP contribution is -2.07. The topological polar surface area (TPSA) is 39.9 Å². The van der Waals surface area contributed by atoms with Crippen LogP contribution in [0.5, 0.6) is 0 Å². The first-order chi connectivity index (χ1) is 12.4. The van der Waals surface area contributed by atoms with Crippen LogP contribution in [0.15, 0.2) is 65.8 Å². The van der Waals surface area contributed by atoms with Gasteiger partial charge in [-0.1, -0.05) is 72.4 Å². The molecule has 0 aliphatic heterocycles. The highest BCUT2D eigenvalue weighted by Crippen LogP contribution is 2.24. The number of nitrogens with zero attached hydrogens (tertiary/aromatic N) is 3. The Hall–Kier alpha value is -2.11. The van der Waals surface area contributed by atoms with E-state index < -0.39 is 0 Å². The Morgan fingerprint density at radius 3 is 2.40 bits per heavy atom. The van der Waals surface area contributed by atoms with Crippen LogP contribution in [0, 0.1) is 0 Å². The average Bonchev–Trinajstić information content (AvgIpc) is 3.08. The minimum absolute atomic E-state index is 0.648. The predicted molar refractivity (Wildman–Crippen MR) is 103 cm³/mol. The van der Waals surface area contributed by atoms with Crippen LogP contribution in [0.4, 0.5) is 0 Å². The average molecular weight is 353 g/mol. The fraction of sp³-hybridized carbons (Fsp3) is 0.300. The third kappa shape index (κ3) is 4.94. The Kier molecular flexibility index (Phi) is 6.65. The number of aryl methyl sites for hydroxylation is 1. The normalized spacial score (nSPS) is 10.9. The number of benzene rings is 2. The molecule has 3 rings (SSSR count). The SMILES string of the molecule is COCCn1c(SCCCc2ccccc2)nnc1-c1ccccc1. The van der Waals surface area contributed by atoms with Gasteiger partial charge in [-0.15, -0.1) is 10.2 Å². The molecule has 1 heterocycles. The Labute approximate surface area is 153 Å². The first kappa shape index (κ1) is 17.7. The van der Waals surface area contributed by atoms with Crippen LogP contribution < -0.4 is 0 Å². The highest BCUT2D eigenvalue weighted by Gasteiger charge is 2.13. The third-order valence-electron chi connectivity index (χ3n) is 3.95. The molecule has 0 unspecified atom stereocenters. The van der Waals surface area contributed by atoms with Crippen molar-refractivity contribution in [3.63, 3.8) is 0 Å². The molecule has 130 valence electrons. The fourth-order valence-corrected chi connectivity index (χ4v) is 3.57. The number of methoxy groups -OCH3 is 1. The molecule has 0 aliphatic carbocycles. The van der Waals surface area contributed by atoms with Crippen LogP contribution in [-0.4, -0.2) is 34.2 Å². The molecule has 1 aromatic heterocycles. The van der Waals surface area contributed by atoms with E-state index in [-0.39, 0.29) is 0 Å². The Balaban J connectivity index is 1.65. The zero-order valence-corrected chi connectivity index (χ0v) is 15.3. The summed E-state index contributed by atoms with van der Waals surface area (Å²) >= 11 is 1.77. The van der Waals surface area contributed by atoms with E-state index in [0.717, 1.165) is 41.7 Å². The van der Waals surface area contributed by atoms with Gasteiger partial charge in [-0.05, 0) is 18.4 Å². The molecule has 25 heavy (non-hydrogen) atoms. The zero-order chi connectivity index (χ0) is 17.3. The Morgan fingerprint density at radius 1 is 0.960 bits per heavy atom. The summed E-state index contributed by atoms with van der Waals surface area (Å²) in [6, 6.07) is 20.8. The van der Waals surface area contributed by atoms with Crippen LogP contribution in [0.25, 0.3) is 11.4 Å². The molecule has 2 aromatic carbocycles. The molecule has 0 N–H and O–H groups in total. The van der Waals surface area contributed by atoms with Crippen molar-refractivity contribution in [2.24, 2.45) is 0 Å². The molecule has 3 aromatic rings. The molecule has 0 aliphatic rings. The van der Waals surface area contributed by atoms with E-state index in [4.69, 9.17) is 4.74 Å². The maximum atomic E-state index is 5.26. The monoisotopic (exact) mass is 353 g/mol. The quantitative estimate of drug-likeness (QED) is 0.424. The molecule has 0 saturated heterocycles. The second-order valence-corrected chi connectivity index (χ2v) is 6.82. The smallest absolute Gasteiger partial charge is 0.191 e. The van der Waals surface area contributed by atoms with Crippen molar-refractivity contribution >= 4 is 11.8 Å².